The number of nitrogens with zero attached hydrogens (tertiary/aromatic N) is 1. The highest BCUT2D eigenvalue weighted by atomic mass is 16.2. The lowest BCUT2D eigenvalue weighted by Crippen LogP contribution is -2.38. The lowest BCUT2D eigenvalue weighted by Gasteiger charge is -2.30. The van der Waals surface area contributed by atoms with Crippen LogP contribution in [0, 0.1) is 11.8 Å². The zero-order valence-electron chi connectivity index (χ0n) is 16.8. The molecule has 2 unspecified atom stereocenters. The number of hydrogen-bond donors (Lipinski definition) is 1. The Morgan fingerprint density at radius 2 is 1.76 bits per heavy atom. The number of carbonyl (C=O) groups excluding carboxylic acids is 1. The van der Waals surface area contributed by atoms with Gasteiger partial charge in [0.25, 0.3) is 5.91 Å². The number of unbranched alkanes of at least 4 members (excludes halogenated alkanes) is 2. The standard InChI is InChI=1S/C22H38N2O/c1-5-8-11-18(4)16-24(17-19(7-3)12-9-6-2)22(25)20-13-10-14-21(23)15-20/h10,13-15,18-19H,5-9,11-12,16-17,23H2,1-4H3. The van der Waals surface area contributed by atoms with Gasteiger partial charge >= 0.3 is 0 Å². The monoisotopic (exact) mass is 346 g/mol. The molecule has 142 valence electrons. The first-order valence-corrected chi connectivity index (χ1v) is 10.2. The second-order valence-corrected chi connectivity index (χ2v) is 7.50. The molecule has 3 nitrogen and oxygen atoms in total. The molecule has 0 saturated heterocycles. The van der Waals surface area contributed by atoms with Gasteiger partial charge in [0.2, 0.25) is 0 Å². The molecule has 1 aromatic rings. The van der Waals surface area contributed by atoms with Crippen molar-refractivity contribution < 1.29 is 4.79 Å². The molecule has 1 rings (SSSR count). The average Bonchev–Trinajstić information content (AvgIpc) is 2.61. The fraction of sp³-hybridized carbons (Fsp3) is 0.682. The van der Waals surface area contributed by atoms with Gasteiger partial charge in [0.05, 0.1) is 0 Å². The molecule has 0 aromatic heterocycles. The number of amides is 1. The Hall–Kier alpha value is -1.51. The lowest BCUT2D eigenvalue weighted by molar-refractivity contribution is 0.0692. The number of hydrogen-bond acceptors (Lipinski definition) is 2. The first-order valence-electron chi connectivity index (χ1n) is 10.2. The molecule has 0 aliphatic heterocycles. The minimum Gasteiger partial charge on any atom is -0.399 e. The van der Waals surface area contributed by atoms with Gasteiger partial charge in [-0.25, -0.2) is 0 Å². The molecule has 0 saturated carbocycles. The summed E-state index contributed by atoms with van der Waals surface area (Å²) < 4.78 is 0. The minimum absolute atomic E-state index is 0.130. The van der Waals surface area contributed by atoms with E-state index in [1.807, 2.05) is 18.2 Å². The fourth-order valence-corrected chi connectivity index (χ4v) is 3.34. The number of nitrogen functional groups attached to an aromatic ring is 1. The Bertz CT molecular complexity index is 501. The highest BCUT2D eigenvalue weighted by Crippen LogP contribution is 2.19. The normalized spacial score (nSPS) is 13.4. The van der Waals surface area contributed by atoms with Crippen LogP contribution in [0.2, 0.25) is 0 Å². The van der Waals surface area contributed by atoms with E-state index in [1.54, 1.807) is 6.07 Å². The topological polar surface area (TPSA) is 46.3 Å². The Morgan fingerprint density at radius 1 is 1.08 bits per heavy atom. The van der Waals surface area contributed by atoms with E-state index in [4.69, 9.17) is 5.73 Å². The summed E-state index contributed by atoms with van der Waals surface area (Å²) in [5.74, 6) is 1.25. The van der Waals surface area contributed by atoms with Crippen molar-refractivity contribution in [3.05, 3.63) is 29.8 Å². The summed E-state index contributed by atoms with van der Waals surface area (Å²) in [5.41, 5.74) is 7.26. The van der Waals surface area contributed by atoms with E-state index in [-0.39, 0.29) is 5.91 Å². The molecule has 0 spiro atoms. The van der Waals surface area contributed by atoms with Crippen LogP contribution in [-0.4, -0.2) is 23.9 Å². The fourth-order valence-electron chi connectivity index (χ4n) is 3.34. The Balaban J connectivity index is 2.86. The van der Waals surface area contributed by atoms with Crippen LogP contribution in [0.1, 0.15) is 83.0 Å². The van der Waals surface area contributed by atoms with Gasteiger partial charge in [-0.2, -0.15) is 0 Å². The van der Waals surface area contributed by atoms with Crippen LogP contribution in [0.3, 0.4) is 0 Å². The van der Waals surface area contributed by atoms with Crippen LogP contribution in [0.5, 0.6) is 0 Å². The maximum absolute atomic E-state index is 13.1. The predicted octanol–water partition coefficient (Wildman–Crippen LogP) is 5.75. The van der Waals surface area contributed by atoms with Crippen molar-refractivity contribution in [2.24, 2.45) is 11.8 Å². The Morgan fingerprint density at radius 3 is 2.36 bits per heavy atom. The maximum Gasteiger partial charge on any atom is 0.253 e. The van der Waals surface area contributed by atoms with E-state index < -0.39 is 0 Å². The summed E-state index contributed by atoms with van der Waals surface area (Å²) in [4.78, 5) is 15.2. The quantitative estimate of drug-likeness (QED) is 0.489. The molecular weight excluding hydrogens is 308 g/mol. The molecule has 2 N–H and O–H groups in total. The van der Waals surface area contributed by atoms with Crippen LogP contribution >= 0.6 is 0 Å². The summed E-state index contributed by atoms with van der Waals surface area (Å²) in [6.45, 7) is 10.7. The van der Waals surface area contributed by atoms with E-state index in [1.165, 1.54) is 38.5 Å². The molecule has 25 heavy (non-hydrogen) atoms. The predicted molar refractivity (Wildman–Crippen MR) is 109 cm³/mol. The smallest absolute Gasteiger partial charge is 0.253 e. The molecule has 1 aromatic carbocycles. The van der Waals surface area contributed by atoms with E-state index in [0.29, 0.717) is 23.1 Å². The zero-order valence-corrected chi connectivity index (χ0v) is 16.8. The molecule has 3 heteroatoms. The van der Waals surface area contributed by atoms with Crippen molar-refractivity contribution >= 4 is 11.6 Å². The van der Waals surface area contributed by atoms with Crippen LogP contribution in [-0.2, 0) is 0 Å². The van der Waals surface area contributed by atoms with Crippen molar-refractivity contribution in [2.75, 3.05) is 18.8 Å². The molecule has 0 radical (unpaired) electrons. The van der Waals surface area contributed by atoms with E-state index in [0.717, 1.165) is 19.5 Å². The molecular formula is C22H38N2O. The van der Waals surface area contributed by atoms with Crippen molar-refractivity contribution in [1.29, 1.82) is 0 Å². The molecule has 1 amide bonds. The van der Waals surface area contributed by atoms with E-state index >= 15 is 0 Å². The van der Waals surface area contributed by atoms with Crippen molar-refractivity contribution in [1.82, 2.24) is 4.90 Å². The highest BCUT2D eigenvalue weighted by molar-refractivity contribution is 5.95. The van der Waals surface area contributed by atoms with Crippen molar-refractivity contribution in [3.8, 4) is 0 Å². The second-order valence-electron chi connectivity index (χ2n) is 7.50. The van der Waals surface area contributed by atoms with E-state index in [2.05, 4.69) is 32.6 Å². The minimum atomic E-state index is 0.130. The molecule has 0 fully saturated rings. The van der Waals surface area contributed by atoms with Gasteiger partial charge < -0.3 is 10.6 Å². The third kappa shape index (κ3) is 7.94. The number of nitrogens with two attached hydrogens (primary N) is 1. The summed E-state index contributed by atoms with van der Waals surface area (Å²) in [7, 11) is 0. The lowest BCUT2D eigenvalue weighted by atomic mass is 9.97. The number of rotatable bonds is 12. The molecule has 0 bridgehead atoms. The number of carbonyl (C=O) groups is 1. The largest absolute Gasteiger partial charge is 0.399 e. The number of benzene rings is 1. The van der Waals surface area contributed by atoms with Crippen molar-refractivity contribution in [3.63, 3.8) is 0 Å². The van der Waals surface area contributed by atoms with E-state index in [9.17, 15) is 4.79 Å². The van der Waals surface area contributed by atoms with Crippen LogP contribution in [0.4, 0.5) is 5.69 Å². The van der Waals surface area contributed by atoms with Crippen LogP contribution in [0.15, 0.2) is 24.3 Å². The summed E-state index contributed by atoms with van der Waals surface area (Å²) >= 11 is 0. The van der Waals surface area contributed by atoms with Gasteiger partial charge in [-0.05, 0) is 42.9 Å². The second kappa shape index (κ2) is 11.9. The Kier molecular flexibility index (Phi) is 10.3. The Labute approximate surface area is 155 Å². The van der Waals surface area contributed by atoms with Gasteiger partial charge in [0.15, 0.2) is 0 Å². The van der Waals surface area contributed by atoms with Crippen LogP contribution < -0.4 is 5.73 Å². The summed E-state index contributed by atoms with van der Waals surface area (Å²) in [6, 6.07) is 7.39. The third-order valence-electron chi connectivity index (χ3n) is 5.03. The molecule has 0 heterocycles. The molecule has 2 atom stereocenters. The maximum atomic E-state index is 13.1. The van der Waals surface area contributed by atoms with Gasteiger partial charge in [0, 0.05) is 24.3 Å². The molecule has 0 aliphatic rings. The number of anilines is 1. The average molecular weight is 347 g/mol. The third-order valence-corrected chi connectivity index (χ3v) is 5.03. The van der Waals surface area contributed by atoms with Crippen molar-refractivity contribution in [2.45, 2.75) is 72.6 Å². The first-order chi connectivity index (χ1) is 12.0. The zero-order chi connectivity index (χ0) is 18.7. The van der Waals surface area contributed by atoms with Gasteiger partial charge in [0.1, 0.15) is 0 Å². The van der Waals surface area contributed by atoms with Gasteiger partial charge in [-0.1, -0.05) is 65.9 Å². The van der Waals surface area contributed by atoms with Gasteiger partial charge in [-0.15, -0.1) is 0 Å². The van der Waals surface area contributed by atoms with Crippen LogP contribution in [0.25, 0.3) is 0 Å². The highest BCUT2D eigenvalue weighted by Gasteiger charge is 2.21. The SMILES string of the molecule is CCCCC(C)CN(CC(CC)CCCC)C(=O)c1cccc(N)c1. The van der Waals surface area contributed by atoms with Gasteiger partial charge in [-0.3, -0.25) is 4.79 Å². The summed E-state index contributed by atoms with van der Waals surface area (Å²) in [5, 5.41) is 0. The summed E-state index contributed by atoms with van der Waals surface area (Å²) in [6.07, 6.45) is 8.41. The molecule has 0 aliphatic carbocycles. The first kappa shape index (κ1) is 21.5.